The van der Waals surface area contributed by atoms with Gasteiger partial charge in [0.1, 0.15) is 6.07 Å². The van der Waals surface area contributed by atoms with Gasteiger partial charge in [-0.15, -0.1) is 0 Å². The number of hydrogen-bond donors (Lipinski definition) is 0. The van der Waals surface area contributed by atoms with E-state index in [0.29, 0.717) is 5.69 Å². The minimum atomic E-state index is 0.0862. The van der Waals surface area contributed by atoms with Gasteiger partial charge in [0, 0.05) is 33.7 Å². The Labute approximate surface area is 187 Å². The summed E-state index contributed by atoms with van der Waals surface area (Å²) in [5.74, 6) is 0. The molecule has 29 heavy (non-hydrogen) atoms. The molecule has 1 aliphatic carbocycles. The van der Waals surface area contributed by atoms with Gasteiger partial charge in [-0.25, -0.2) is 4.98 Å². The summed E-state index contributed by atoms with van der Waals surface area (Å²) in [5.41, 5.74) is 3.22. The lowest BCUT2D eigenvalue weighted by atomic mass is 9.67. The predicted octanol–water partition coefficient (Wildman–Crippen LogP) is 5.73. The Balaban J connectivity index is 1.44. The zero-order valence-electron chi connectivity index (χ0n) is 16.9. The first kappa shape index (κ1) is 20.7. The van der Waals surface area contributed by atoms with Crippen LogP contribution in [0, 0.1) is 14.9 Å². The molecule has 0 bridgehead atoms. The standard InChI is InChI=1S/C24H28IN3O/c25-20-15-19(17-28-21(20)16-26)7-1-3-9-23(22-8-2-6-13-27-22)12-14-29-24(18-23)10-4-5-11-24/h2,6,8,13,15,17H,1,3-5,7,9-12,14,18H2/t23-/m1/s1. The number of aromatic nitrogens is 2. The maximum atomic E-state index is 9.06. The van der Waals surface area contributed by atoms with Gasteiger partial charge in [0.25, 0.3) is 0 Å². The summed E-state index contributed by atoms with van der Waals surface area (Å²) in [7, 11) is 0. The normalized spacial score (nSPS) is 23.2. The first-order chi connectivity index (χ1) is 14.1. The van der Waals surface area contributed by atoms with Crippen molar-refractivity contribution in [3.63, 3.8) is 0 Å². The van der Waals surface area contributed by atoms with Crippen molar-refractivity contribution < 1.29 is 4.74 Å². The van der Waals surface area contributed by atoms with Gasteiger partial charge < -0.3 is 4.74 Å². The molecule has 2 fully saturated rings. The Morgan fingerprint density at radius 3 is 2.72 bits per heavy atom. The molecule has 5 heteroatoms. The highest BCUT2D eigenvalue weighted by Gasteiger charge is 2.48. The molecule has 1 saturated carbocycles. The average molecular weight is 501 g/mol. The minimum Gasteiger partial charge on any atom is -0.375 e. The van der Waals surface area contributed by atoms with Crippen LogP contribution in [-0.4, -0.2) is 22.2 Å². The van der Waals surface area contributed by atoms with Crippen molar-refractivity contribution in [2.75, 3.05) is 6.61 Å². The van der Waals surface area contributed by atoms with Gasteiger partial charge in [0.05, 0.1) is 5.60 Å². The lowest BCUT2D eigenvalue weighted by molar-refractivity contribution is -0.104. The van der Waals surface area contributed by atoms with Gasteiger partial charge in [-0.3, -0.25) is 4.98 Å². The van der Waals surface area contributed by atoms with Gasteiger partial charge in [-0.1, -0.05) is 25.3 Å². The summed E-state index contributed by atoms with van der Waals surface area (Å²) in [4.78, 5) is 9.08. The third-order valence-electron chi connectivity index (χ3n) is 6.75. The fourth-order valence-corrected chi connectivity index (χ4v) is 5.94. The van der Waals surface area contributed by atoms with Crippen LogP contribution in [0.5, 0.6) is 0 Å². The molecule has 152 valence electrons. The van der Waals surface area contributed by atoms with E-state index < -0.39 is 0 Å². The van der Waals surface area contributed by atoms with E-state index in [1.54, 1.807) is 0 Å². The molecule has 2 aliphatic rings. The second-order valence-electron chi connectivity index (χ2n) is 8.65. The highest BCUT2D eigenvalue weighted by atomic mass is 127. The number of pyridine rings is 2. The van der Waals surface area contributed by atoms with Crippen molar-refractivity contribution in [3.8, 4) is 6.07 Å². The number of ether oxygens (including phenoxy) is 1. The van der Waals surface area contributed by atoms with Crippen LogP contribution in [0.1, 0.15) is 74.7 Å². The van der Waals surface area contributed by atoms with E-state index >= 15 is 0 Å². The molecule has 0 radical (unpaired) electrons. The van der Waals surface area contributed by atoms with E-state index in [2.05, 4.69) is 51.8 Å². The average Bonchev–Trinajstić information content (AvgIpc) is 3.19. The molecule has 2 aromatic heterocycles. The molecule has 0 N–H and O–H groups in total. The van der Waals surface area contributed by atoms with Gasteiger partial charge in [-0.05, 0) is 91.3 Å². The summed E-state index contributed by atoms with van der Waals surface area (Å²) in [6.45, 7) is 0.855. The predicted molar refractivity (Wildman–Crippen MR) is 122 cm³/mol. The van der Waals surface area contributed by atoms with Crippen LogP contribution < -0.4 is 0 Å². The van der Waals surface area contributed by atoms with Crippen LogP contribution in [0.3, 0.4) is 0 Å². The minimum absolute atomic E-state index is 0.0862. The van der Waals surface area contributed by atoms with Crippen LogP contribution >= 0.6 is 22.6 Å². The van der Waals surface area contributed by atoms with Crippen LogP contribution in [0.15, 0.2) is 36.7 Å². The Bertz CT molecular complexity index is 873. The van der Waals surface area contributed by atoms with E-state index in [-0.39, 0.29) is 11.0 Å². The maximum absolute atomic E-state index is 9.06. The van der Waals surface area contributed by atoms with Gasteiger partial charge in [-0.2, -0.15) is 5.26 Å². The maximum Gasteiger partial charge on any atom is 0.153 e. The molecule has 0 unspecified atom stereocenters. The highest BCUT2D eigenvalue weighted by Crippen LogP contribution is 2.50. The van der Waals surface area contributed by atoms with E-state index in [9.17, 15) is 0 Å². The van der Waals surface area contributed by atoms with Crippen molar-refractivity contribution in [1.29, 1.82) is 5.26 Å². The molecule has 1 atom stereocenters. The fourth-order valence-electron chi connectivity index (χ4n) is 5.29. The number of hydrogen-bond acceptors (Lipinski definition) is 4. The first-order valence-electron chi connectivity index (χ1n) is 10.7. The molecule has 1 aliphatic heterocycles. The monoisotopic (exact) mass is 501 g/mol. The van der Waals surface area contributed by atoms with Crippen LogP contribution in [0.2, 0.25) is 0 Å². The zero-order chi connectivity index (χ0) is 20.2. The molecule has 1 spiro atoms. The molecule has 3 heterocycles. The molecular weight excluding hydrogens is 473 g/mol. The molecule has 1 saturated heterocycles. The van der Waals surface area contributed by atoms with Crippen molar-refractivity contribution in [2.24, 2.45) is 0 Å². The Hall–Kier alpha value is -1.52. The summed E-state index contributed by atoms with van der Waals surface area (Å²) < 4.78 is 7.30. The smallest absolute Gasteiger partial charge is 0.153 e. The van der Waals surface area contributed by atoms with Crippen molar-refractivity contribution >= 4 is 22.6 Å². The quantitative estimate of drug-likeness (QED) is 0.375. The van der Waals surface area contributed by atoms with E-state index in [4.69, 9.17) is 15.0 Å². The highest BCUT2D eigenvalue weighted by molar-refractivity contribution is 14.1. The Morgan fingerprint density at radius 1 is 1.14 bits per heavy atom. The molecule has 0 aromatic carbocycles. The van der Waals surface area contributed by atoms with Crippen LogP contribution in [0.25, 0.3) is 0 Å². The van der Waals surface area contributed by atoms with E-state index in [1.165, 1.54) is 43.4 Å². The van der Waals surface area contributed by atoms with Gasteiger partial charge >= 0.3 is 0 Å². The lowest BCUT2D eigenvalue weighted by Gasteiger charge is -2.46. The Kier molecular flexibility index (Phi) is 6.50. The van der Waals surface area contributed by atoms with Crippen molar-refractivity contribution in [1.82, 2.24) is 9.97 Å². The summed E-state index contributed by atoms with van der Waals surface area (Å²) in [5, 5.41) is 9.06. The number of unbranched alkanes of at least 4 members (excludes halogenated alkanes) is 1. The molecule has 0 amide bonds. The van der Waals surface area contributed by atoms with Gasteiger partial charge in [0.2, 0.25) is 0 Å². The lowest BCUT2D eigenvalue weighted by Crippen LogP contribution is -2.46. The molecule has 4 rings (SSSR count). The molecule has 4 nitrogen and oxygen atoms in total. The first-order valence-corrected chi connectivity index (χ1v) is 11.8. The van der Waals surface area contributed by atoms with Crippen molar-refractivity contribution in [2.45, 2.75) is 75.2 Å². The number of nitrogens with zero attached hydrogens (tertiary/aromatic N) is 3. The van der Waals surface area contributed by atoms with Crippen LogP contribution in [-0.2, 0) is 16.6 Å². The number of nitriles is 1. The largest absolute Gasteiger partial charge is 0.375 e. The zero-order valence-corrected chi connectivity index (χ0v) is 19.0. The molecule has 2 aromatic rings. The number of aryl methyl sites for hydroxylation is 1. The molecular formula is C24H28IN3O. The number of rotatable bonds is 6. The fraction of sp³-hybridized carbons (Fsp3) is 0.542. The van der Waals surface area contributed by atoms with Gasteiger partial charge in [0.15, 0.2) is 5.69 Å². The summed E-state index contributed by atoms with van der Waals surface area (Å²) >= 11 is 2.20. The summed E-state index contributed by atoms with van der Waals surface area (Å²) in [6, 6.07) is 10.6. The SMILES string of the molecule is N#Cc1ncc(CCCC[C@@]2(c3ccccn3)CCOC3(CCCC3)C2)cc1I. The third kappa shape index (κ3) is 4.64. The topological polar surface area (TPSA) is 58.8 Å². The second-order valence-corrected chi connectivity index (χ2v) is 9.82. The van der Waals surface area contributed by atoms with E-state index in [1.807, 2.05) is 18.5 Å². The van der Waals surface area contributed by atoms with Crippen LogP contribution in [0.4, 0.5) is 0 Å². The van der Waals surface area contributed by atoms with E-state index in [0.717, 1.165) is 42.3 Å². The van der Waals surface area contributed by atoms with Crippen molar-refractivity contribution in [3.05, 3.63) is 57.2 Å². The second kappa shape index (κ2) is 9.09. The number of halogens is 1. The Morgan fingerprint density at radius 2 is 2.00 bits per heavy atom. The summed E-state index contributed by atoms with van der Waals surface area (Å²) in [6.07, 6.45) is 15.5. The third-order valence-corrected chi connectivity index (χ3v) is 7.57.